The molecule has 0 radical (unpaired) electrons. The predicted molar refractivity (Wildman–Crippen MR) is 78.2 cm³/mol. The van der Waals surface area contributed by atoms with Crippen LogP contribution in [0.25, 0.3) is 0 Å². The average Bonchev–Trinajstić information content (AvgIpc) is 2.93. The van der Waals surface area contributed by atoms with Crippen molar-refractivity contribution in [2.75, 3.05) is 13.7 Å². The summed E-state index contributed by atoms with van der Waals surface area (Å²) in [6.07, 6.45) is 0.554. The number of nitrogens with one attached hydrogen (secondary N) is 1. The van der Waals surface area contributed by atoms with Crippen LogP contribution in [0.5, 0.6) is 5.75 Å². The number of halogens is 1. The first kappa shape index (κ1) is 16.9. The molecule has 1 aromatic heterocycles. The van der Waals surface area contributed by atoms with Gasteiger partial charge in [0.2, 0.25) is 11.8 Å². The van der Waals surface area contributed by atoms with Crippen molar-refractivity contribution < 1.29 is 14.1 Å². The predicted octanol–water partition coefficient (Wildman–Crippen LogP) is 0.666. The Morgan fingerprint density at radius 2 is 2.10 bits per heavy atom. The SMILES string of the molecule is COc1ccc(Cc2noc(CNC(=O)CN)n2)cc1.Cl. The summed E-state index contributed by atoms with van der Waals surface area (Å²) in [6.45, 7) is 0.124. The third-order valence-corrected chi connectivity index (χ3v) is 2.65. The summed E-state index contributed by atoms with van der Waals surface area (Å²) < 4.78 is 10.1. The summed E-state index contributed by atoms with van der Waals surface area (Å²) in [7, 11) is 1.62. The lowest BCUT2D eigenvalue weighted by atomic mass is 10.1. The van der Waals surface area contributed by atoms with Gasteiger partial charge in [-0.2, -0.15) is 4.98 Å². The van der Waals surface area contributed by atoms with Gasteiger partial charge in [0.1, 0.15) is 5.75 Å². The van der Waals surface area contributed by atoms with E-state index in [0.29, 0.717) is 18.1 Å². The molecule has 0 saturated carbocycles. The maximum absolute atomic E-state index is 11.0. The van der Waals surface area contributed by atoms with Crippen LogP contribution in [0, 0.1) is 0 Å². The molecule has 0 unspecified atom stereocenters. The minimum absolute atomic E-state index is 0. The number of carbonyl (C=O) groups excluding carboxylic acids is 1. The molecule has 0 spiro atoms. The van der Waals surface area contributed by atoms with Crippen molar-refractivity contribution in [3.05, 3.63) is 41.5 Å². The molecule has 1 amide bonds. The zero-order chi connectivity index (χ0) is 14.4. The van der Waals surface area contributed by atoms with Crippen molar-refractivity contribution in [2.24, 2.45) is 5.73 Å². The van der Waals surface area contributed by atoms with Crippen LogP contribution in [0.2, 0.25) is 0 Å². The third kappa shape index (κ3) is 5.05. The molecule has 0 bridgehead atoms. The highest BCUT2D eigenvalue weighted by molar-refractivity contribution is 5.85. The number of amides is 1. The molecule has 0 fully saturated rings. The second-order valence-electron chi connectivity index (χ2n) is 4.11. The molecule has 1 aromatic carbocycles. The summed E-state index contributed by atoms with van der Waals surface area (Å²) in [5, 5.41) is 6.42. The smallest absolute Gasteiger partial charge is 0.246 e. The van der Waals surface area contributed by atoms with Gasteiger partial charge in [-0.05, 0) is 17.7 Å². The highest BCUT2D eigenvalue weighted by Gasteiger charge is 2.08. The van der Waals surface area contributed by atoms with Crippen molar-refractivity contribution in [1.82, 2.24) is 15.5 Å². The second-order valence-corrected chi connectivity index (χ2v) is 4.11. The topological polar surface area (TPSA) is 103 Å². The van der Waals surface area contributed by atoms with Crippen molar-refractivity contribution in [1.29, 1.82) is 0 Å². The fraction of sp³-hybridized carbons (Fsp3) is 0.308. The van der Waals surface area contributed by atoms with E-state index in [2.05, 4.69) is 15.5 Å². The molecule has 0 aliphatic carbocycles. The Bertz CT molecular complexity index is 571. The number of nitrogens with two attached hydrogens (primary N) is 1. The van der Waals surface area contributed by atoms with Crippen LogP contribution >= 0.6 is 12.4 Å². The zero-order valence-corrected chi connectivity index (χ0v) is 12.4. The van der Waals surface area contributed by atoms with E-state index in [0.717, 1.165) is 11.3 Å². The van der Waals surface area contributed by atoms with Crippen LogP contribution in [0.1, 0.15) is 17.3 Å². The van der Waals surface area contributed by atoms with Gasteiger partial charge in [-0.25, -0.2) is 0 Å². The van der Waals surface area contributed by atoms with Crippen LogP contribution < -0.4 is 15.8 Å². The van der Waals surface area contributed by atoms with Gasteiger partial charge in [-0.15, -0.1) is 12.4 Å². The van der Waals surface area contributed by atoms with E-state index >= 15 is 0 Å². The van der Waals surface area contributed by atoms with Gasteiger partial charge in [0, 0.05) is 6.42 Å². The van der Waals surface area contributed by atoms with Crippen molar-refractivity contribution in [3.8, 4) is 5.75 Å². The van der Waals surface area contributed by atoms with Gasteiger partial charge < -0.3 is 20.3 Å². The summed E-state index contributed by atoms with van der Waals surface area (Å²) >= 11 is 0. The standard InChI is InChI=1S/C13H16N4O3.ClH/c1-19-10-4-2-9(3-5-10)6-11-16-13(20-17-11)8-15-12(18)7-14;/h2-5H,6-8,14H2,1H3,(H,15,18);1H. The maximum atomic E-state index is 11.0. The lowest BCUT2D eigenvalue weighted by Crippen LogP contribution is -2.29. The monoisotopic (exact) mass is 312 g/mol. The number of rotatable bonds is 6. The Morgan fingerprint density at radius 3 is 2.71 bits per heavy atom. The summed E-state index contributed by atoms with van der Waals surface area (Å²) in [4.78, 5) is 15.2. The maximum Gasteiger partial charge on any atom is 0.246 e. The number of ether oxygens (including phenoxy) is 1. The Kier molecular flexibility index (Phi) is 6.64. The lowest BCUT2D eigenvalue weighted by molar-refractivity contribution is -0.120. The van der Waals surface area contributed by atoms with Gasteiger partial charge in [0.05, 0.1) is 20.2 Å². The average molecular weight is 313 g/mol. The van der Waals surface area contributed by atoms with E-state index in [4.69, 9.17) is 15.0 Å². The van der Waals surface area contributed by atoms with Gasteiger partial charge in [-0.3, -0.25) is 4.79 Å². The van der Waals surface area contributed by atoms with E-state index in [1.54, 1.807) is 7.11 Å². The first-order valence-corrected chi connectivity index (χ1v) is 6.12. The van der Waals surface area contributed by atoms with Crippen molar-refractivity contribution >= 4 is 18.3 Å². The molecule has 0 aliphatic rings. The lowest BCUT2D eigenvalue weighted by Gasteiger charge is -2.00. The van der Waals surface area contributed by atoms with Crippen LogP contribution in [-0.4, -0.2) is 29.7 Å². The van der Waals surface area contributed by atoms with E-state index in [1.165, 1.54) is 0 Å². The molecule has 3 N–H and O–H groups in total. The molecule has 7 nitrogen and oxygen atoms in total. The third-order valence-electron chi connectivity index (χ3n) is 2.65. The normalized spacial score (nSPS) is 9.81. The quantitative estimate of drug-likeness (QED) is 0.812. The number of methoxy groups -OCH3 is 1. The van der Waals surface area contributed by atoms with E-state index in [9.17, 15) is 4.79 Å². The molecule has 0 aliphatic heterocycles. The summed E-state index contributed by atoms with van der Waals surface area (Å²) in [5.74, 6) is 1.45. The van der Waals surface area contributed by atoms with Crippen LogP contribution in [0.15, 0.2) is 28.8 Å². The first-order chi connectivity index (χ1) is 9.71. The van der Waals surface area contributed by atoms with E-state index in [1.807, 2.05) is 24.3 Å². The van der Waals surface area contributed by atoms with Gasteiger partial charge in [0.25, 0.3) is 0 Å². The highest BCUT2D eigenvalue weighted by atomic mass is 35.5. The number of nitrogens with zero attached hydrogens (tertiary/aromatic N) is 2. The number of hydrogen-bond acceptors (Lipinski definition) is 6. The van der Waals surface area contributed by atoms with E-state index in [-0.39, 0.29) is 31.4 Å². The fourth-order valence-corrected chi connectivity index (χ4v) is 1.61. The summed E-state index contributed by atoms with van der Waals surface area (Å²) in [6, 6.07) is 7.62. The van der Waals surface area contributed by atoms with Crippen LogP contribution in [0.4, 0.5) is 0 Å². The zero-order valence-electron chi connectivity index (χ0n) is 11.5. The number of benzene rings is 1. The fourth-order valence-electron chi connectivity index (χ4n) is 1.61. The molecule has 2 aromatic rings. The highest BCUT2D eigenvalue weighted by Crippen LogP contribution is 2.13. The van der Waals surface area contributed by atoms with Crippen molar-refractivity contribution in [3.63, 3.8) is 0 Å². The Balaban J connectivity index is 0.00000220. The molecule has 8 heteroatoms. The number of carbonyl (C=O) groups is 1. The van der Waals surface area contributed by atoms with Crippen molar-refractivity contribution in [2.45, 2.75) is 13.0 Å². The molecule has 0 saturated heterocycles. The molecule has 21 heavy (non-hydrogen) atoms. The molecule has 2 rings (SSSR count). The van der Waals surface area contributed by atoms with Gasteiger partial charge in [0.15, 0.2) is 5.82 Å². The number of hydrogen-bond donors (Lipinski definition) is 2. The second kappa shape index (κ2) is 8.23. The minimum Gasteiger partial charge on any atom is -0.497 e. The Labute approximate surface area is 128 Å². The molecular weight excluding hydrogens is 296 g/mol. The Hall–Kier alpha value is -2.12. The largest absolute Gasteiger partial charge is 0.497 e. The van der Waals surface area contributed by atoms with Crippen LogP contribution in [-0.2, 0) is 17.8 Å². The van der Waals surface area contributed by atoms with Gasteiger partial charge in [-0.1, -0.05) is 17.3 Å². The molecule has 0 atom stereocenters. The molecule has 114 valence electrons. The first-order valence-electron chi connectivity index (χ1n) is 6.12. The Morgan fingerprint density at radius 1 is 1.38 bits per heavy atom. The summed E-state index contributed by atoms with van der Waals surface area (Å²) in [5.41, 5.74) is 6.22. The van der Waals surface area contributed by atoms with E-state index < -0.39 is 0 Å². The van der Waals surface area contributed by atoms with Crippen LogP contribution in [0.3, 0.4) is 0 Å². The minimum atomic E-state index is -0.264. The molecular formula is C13H17ClN4O3. The van der Waals surface area contributed by atoms with Gasteiger partial charge >= 0.3 is 0 Å². The molecule has 1 heterocycles. The number of aromatic nitrogens is 2.